The molecule has 8 nitrogen and oxygen atoms in total. The van der Waals surface area contributed by atoms with Gasteiger partial charge in [0, 0.05) is 12.1 Å². The number of carbonyl (C=O) groups is 1. The first-order valence-corrected chi connectivity index (χ1v) is 7.94. The van der Waals surface area contributed by atoms with Gasteiger partial charge in [-0.2, -0.15) is 0 Å². The summed E-state index contributed by atoms with van der Waals surface area (Å²) in [6.07, 6.45) is -0.551. The fourth-order valence-corrected chi connectivity index (χ4v) is 3.88. The molecular formula is C12H12N2O6S. The molecule has 0 spiro atoms. The topological polar surface area (TPSA) is 107 Å². The maximum absolute atomic E-state index is 12.2. The van der Waals surface area contributed by atoms with Crippen LogP contribution in [-0.2, 0) is 19.4 Å². The Morgan fingerprint density at radius 2 is 2.00 bits per heavy atom. The minimum atomic E-state index is -3.61. The second kappa shape index (κ2) is 4.78. The summed E-state index contributed by atoms with van der Waals surface area (Å²) >= 11 is 0. The lowest BCUT2D eigenvalue weighted by Crippen LogP contribution is -2.48. The third-order valence-corrected chi connectivity index (χ3v) is 5.38. The third-order valence-electron chi connectivity index (χ3n) is 3.58. The molecular weight excluding hydrogens is 300 g/mol. The molecule has 2 atom stereocenters. The molecule has 1 aromatic carbocycles. The van der Waals surface area contributed by atoms with Crippen molar-refractivity contribution in [3.63, 3.8) is 0 Å². The van der Waals surface area contributed by atoms with E-state index in [-0.39, 0.29) is 35.0 Å². The number of rotatable bonds is 4. The number of nitrogens with zero attached hydrogens (tertiary/aromatic N) is 2. The summed E-state index contributed by atoms with van der Waals surface area (Å²) in [6, 6.07) is 4.73. The monoisotopic (exact) mass is 312 g/mol. The van der Waals surface area contributed by atoms with Crippen LogP contribution in [0.4, 0.5) is 5.69 Å². The summed E-state index contributed by atoms with van der Waals surface area (Å²) in [5.41, 5.74) is -0.166. The molecule has 9 heteroatoms. The van der Waals surface area contributed by atoms with Gasteiger partial charge in [0.15, 0.2) is 9.84 Å². The van der Waals surface area contributed by atoms with Crippen LogP contribution < -0.4 is 0 Å². The number of fused-ring (bicyclic) bond motifs is 1. The Balaban J connectivity index is 1.72. The molecule has 0 bridgehead atoms. The van der Waals surface area contributed by atoms with Crippen molar-refractivity contribution in [3.05, 3.63) is 34.4 Å². The number of hydrogen-bond acceptors (Lipinski definition) is 6. The lowest BCUT2D eigenvalue weighted by atomic mass is 10.2. The van der Waals surface area contributed by atoms with Gasteiger partial charge in [0.2, 0.25) is 5.91 Å². The number of sulfone groups is 1. The second-order valence-electron chi connectivity index (χ2n) is 5.00. The molecule has 2 fully saturated rings. The highest BCUT2D eigenvalue weighted by atomic mass is 32.2. The largest absolute Gasteiger partial charge is 0.352 e. The van der Waals surface area contributed by atoms with Gasteiger partial charge in [-0.3, -0.25) is 14.9 Å². The van der Waals surface area contributed by atoms with E-state index in [0.29, 0.717) is 6.42 Å². The van der Waals surface area contributed by atoms with Crippen molar-refractivity contribution in [2.45, 2.75) is 23.6 Å². The van der Waals surface area contributed by atoms with E-state index in [0.717, 1.165) is 12.1 Å². The molecule has 0 radical (unpaired) electrons. The molecule has 0 saturated carbocycles. The Hall–Kier alpha value is -2.00. The molecule has 1 aromatic rings. The number of ether oxygens (including phenoxy) is 1. The Bertz CT molecular complexity index is 699. The van der Waals surface area contributed by atoms with E-state index in [9.17, 15) is 23.3 Å². The zero-order chi connectivity index (χ0) is 15.2. The minimum Gasteiger partial charge on any atom is -0.352 e. The lowest BCUT2D eigenvalue weighted by molar-refractivity contribution is -0.384. The van der Waals surface area contributed by atoms with Crippen molar-refractivity contribution >= 4 is 21.4 Å². The lowest BCUT2D eigenvalue weighted by Gasteiger charge is -2.31. The molecule has 3 rings (SSSR count). The average molecular weight is 312 g/mol. The standard InChI is InChI=1S/C12H12N2O6S/c15-11-5-12-13(11)6-9(20-12)7-21(18,19)10-3-1-8(2-4-10)14(16)17/h1-4,9,12H,5-7H2. The number of benzene rings is 1. The molecule has 1 amide bonds. The highest BCUT2D eigenvalue weighted by Gasteiger charge is 2.46. The van der Waals surface area contributed by atoms with Gasteiger partial charge in [-0.15, -0.1) is 0 Å². The number of non-ortho nitro benzene ring substituents is 1. The van der Waals surface area contributed by atoms with Gasteiger partial charge in [-0.25, -0.2) is 8.42 Å². The second-order valence-corrected chi connectivity index (χ2v) is 7.03. The number of hydrogen-bond donors (Lipinski definition) is 0. The van der Waals surface area contributed by atoms with E-state index in [4.69, 9.17) is 4.74 Å². The fraction of sp³-hybridized carbons (Fsp3) is 0.417. The van der Waals surface area contributed by atoms with E-state index < -0.39 is 20.9 Å². The SMILES string of the molecule is O=C1CC2OC(CS(=O)(=O)c3ccc([N+](=O)[O-])cc3)CN12. The van der Waals surface area contributed by atoms with E-state index >= 15 is 0 Å². The molecule has 112 valence electrons. The van der Waals surface area contributed by atoms with Crippen LogP contribution in [0.5, 0.6) is 0 Å². The van der Waals surface area contributed by atoms with E-state index in [1.807, 2.05) is 0 Å². The summed E-state index contributed by atoms with van der Waals surface area (Å²) < 4.78 is 29.9. The first kappa shape index (κ1) is 14.0. The molecule has 2 heterocycles. The smallest absolute Gasteiger partial charge is 0.269 e. The van der Waals surface area contributed by atoms with Crippen LogP contribution in [0.3, 0.4) is 0 Å². The number of nitro groups is 1. The van der Waals surface area contributed by atoms with Crippen molar-refractivity contribution in [1.82, 2.24) is 4.90 Å². The van der Waals surface area contributed by atoms with Crippen LogP contribution in [0.1, 0.15) is 6.42 Å². The molecule has 0 N–H and O–H groups in total. The van der Waals surface area contributed by atoms with Crippen LogP contribution in [0.15, 0.2) is 29.2 Å². The number of amides is 1. The van der Waals surface area contributed by atoms with Gasteiger partial charge < -0.3 is 9.64 Å². The predicted molar refractivity (Wildman–Crippen MR) is 70.1 cm³/mol. The highest BCUT2D eigenvalue weighted by molar-refractivity contribution is 7.91. The zero-order valence-corrected chi connectivity index (χ0v) is 11.7. The van der Waals surface area contributed by atoms with Crippen molar-refractivity contribution < 1.29 is 22.9 Å². The van der Waals surface area contributed by atoms with Crippen molar-refractivity contribution in [2.24, 2.45) is 0 Å². The van der Waals surface area contributed by atoms with E-state index in [2.05, 4.69) is 0 Å². The summed E-state index contributed by atoms with van der Waals surface area (Å²) in [5, 5.41) is 10.5. The maximum Gasteiger partial charge on any atom is 0.269 e. The van der Waals surface area contributed by atoms with Crippen LogP contribution in [0.2, 0.25) is 0 Å². The summed E-state index contributed by atoms with van der Waals surface area (Å²) in [4.78, 5) is 22.7. The van der Waals surface area contributed by atoms with Gasteiger partial charge in [-0.05, 0) is 12.1 Å². The van der Waals surface area contributed by atoms with Gasteiger partial charge in [0.1, 0.15) is 6.23 Å². The highest BCUT2D eigenvalue weighted by Crippen LogP contribution is 2.30. The van der Waals surface area contributed by atoms with Crippen molar-refractivity contribution in [2.75, 3.05) is 12.3 Å². The Kier molecular flexibility index (Phi) is 3.18. The quantitative estimate of drug-likeness (QED) is 0.450. The van der Waals surface area contributed by atoms with Gasteiger partial charge >= 0.3 is 0 Å². The Labute approximate surface area is 120 Å². The first-order valence-electron chi connectivity index (χ1n) is 6.29. The molecule has 0 aromatic heterocycles. The fourth-order valence-electron chi connectivity index (χ4n) is 2.46. The van der Waals surface area contributed by atoms with Crippen LogP contribution in [0, 0.1) is 10.1 Å². The molecule has 2 saturated heterocycles. The summed E-state index contributed by atoms with van der Waals surface area (Å²) in [5.74, 6) is -0.277. The van der Waals surface area contributed by atoms with Gasteiger partial charge in [0.25, 0.3) is 5.69 Å². The molecule has 0 aliphatic carbocycles. The van der Waals surface area contributed by atoms with Crippen LogP contribution in [-0.4, -0.2) is 48.8 Å². The van der Waals surface area contributed by atoms with Crippen LogP contribution in [0.25, 0.3) is 0 Å². The molecule has 2 aliphatic heterocycles. The van der Waals surface area contributed by atoms with E-state index in [1.54, 1.807) is 0 Å². The summed E-state index contributed by atoms with van der Waals surface area (Å²) in [7, 11) is -3.61. The first-order chi connectivity index (χ1) is 9.87. The van der Waals surface area contributed by atoms with Crippen LogP contribution >= 0.6 is 0 Å². The molecule has 2 unspecified atom stereocenters. The van der Waals surface area contributed by atoms with E-state index in [1.165, 1.54) is 17.0 Å². The zero-order valence-electron chi connectivity index (χ0n) is 10.8. The minimum absolute atomic E-state index is 0.0114. The summed E-state index contributed by atoms with van der Waals surface area (Å²) in [6.45, 7) is 0.274. The normalized spacial score (nSPS) is 24.6. The Morgan fingerprint density at radius 1 is 1.33 bits per heavy atom. The van der Waals surface area contributed by atoms with Gasteiger partial charge in [0.05, 0.1) is 34.6 Å². The Morgan fingerprint density at radius 3 is 2.52 bits per heavy atom. The molecule has 21 heavy (non-hydrogen) atoms. The number of β-lactam (4-membered cyclic amide) rings is 1. The maximum atomic E-state index is 12.2. The predicted octanol–water partition coefficient (Wildman–Crippen LogP) is 0.326. The third kappa shape index (κ3) is 2.49. The average Bonchev–Trinajstić information content (AvgIpc) is 2.75. The van der Waals surface area contributed by atoms with Gasteiger partial charge in [-0.1, -0.05) is 0 Å². The molecule has 2 aliphatic rings. The number of nitro benzene ring substituents is 1. The van der Waals surface area contributed by atoms with Crippen molar-refractivity contribution in [3.8, 4) is 0 Å². The number of carbonyl (C=O) groups excluding carboxylic acids is 1. The van der Waals surface area contributed by atoms with Crippen molar-refractivity contribution in [1.29, 1.82) is 0 Å².